The third-order valence-corrected chi connectivity index (χ3v) is 3.35. The number of anilines is 1. The summed E-state index contributed by atoms with van der Waals surface area (Å²) < 4.78 is 0. The Kier molecular flexibility index (Phi) is 3.30. The summed E-state index contributed by atoms with van der Waals surface area (Å²) in [6.45, 7) is 10.4. The lowest BCUT2D eigenvalue weighted by molar-refractivity contribution is 0.735. The van der Waals surface area contributed by atoms with E-state index in [2.05, 4.69) is 22.7 Å². The van der Waals surface area contributed by atoms with Crippen LogP contribution in [0.2, 0.25) is 0 Å². The molecule has 0 saturated carbocycles. The minimum atomic E-state index is 0.290. The molecule has 86 valence electrons. The number of rotatable bonds is 2. The fraction of sp³-hybridized carbons (Fsp3) is 0.429. The molecule has 1 aliphatic heterocycles. The molecule has 17 heavy (non-hydrogen) atoms. The maximum absolute atomic E-state index is 9.11. The lowest BCUT2D eigenvalue weighted by Crippen LogP contribution is -2.26. The van der Waals surface area contributed by atoms with Crippen LogP contribution in [0.4, 0.5) is 5.69 Å². The monoisotopic (exact) mass is 225 g/mol. The van der Waals surface area contributed by atoms with Crippen molar-refractivity contribution in [1.29, 1.82) is 5.26 Å². The Labute approximate surface area is 102 Å². The van der Waals surface area contributed by atoms with Gasteiger partial charge in [-0.15, -0.1) is 0 Å². The highest BCUT2D eigenvalue weighted by atomic mass is 15.2. The minimum Gasteiger partial charge on any atom is -0.369 e. The fourth-order valence-electron chi connectivity index (χ4n) is 2.39. The molecule has 1 fully saturated rings. The molecule has 1 aliphatic rings. The van der Waals surface area contributed by atoms with Crippen LogP contribution >= 0.6 is 0 Å². The van der Waals surface area contributed by atoms with Gasteiger partial charge in [-0.25, -0.2) is 6.57 Å². The molecule has 0 radical (unpaired) electrons. The Bertz CT molecular complexity index is 493. The van der Waals surface area contributed by atoms with Crippen molar-refractivity contribution in [3.63, 3.8) is 0 Å². The lowest BCUT2D eigenvalue weighted by Gasteiger charge is -2.24. The van der Waals surface area contributed by atoms with Crippen LogP contribution in [-0.2, 0) is 6.54 Å². The van der Waals surface area contributed by atoms with Crippen molar-refractivity contribution in [2.75, 3.05) is 11.4 Å². The summed E-state index contributed by atoms with van der Waals surface area (Å²) in [6.07, 6.45) is 2.43. The number of nitrogens with zero attached hydrogens (tertiary/aromatic N) is 3. The van der Waals surface area contributed by atoms with E-state index in [9.17, 15) is 0 Å². The van der Waals surface area contributed by atoms with E-state index in [0.29, 0.717) is 18.2 Å². The summed E-state index contributed by atoms with van der Waals surface area (Å²) in [5.74, 6) is 0. The Morgan fingerprint density at radius 2 is 2.41 bits per heavy atom. The van der Waals surface area contributed by atoms with E-state index in [4.69, 9.17) is 11.8 Å². The first-order valence-electron chi connectivity index (χ1n) is 5.89. The Morgan fingerprint density at radius 3 is 3.00 bits per heavy atom. The van der Waals surface area contributed by atoms with Gasteiger partial charge in [0.05, 0.1) is 11.6 Å². The summed E-state index contributed by atoms with van der Waals surface area (Å²) in [6, 6.07) is 8.60. The van der Waals surface area contributed by atoms with Gasteiger partial charge in [0.25, 0.3) is 0 Å². The van der Waals surface area contributed by atoms with Crippen LogP contribution < -0.4 is 4.90 Å². The summed E-state index contributed by atoms with van der Waals surface area (Å²) in [4.78, 5) is 5.68. The molecule has 0 aromatic heterocycles. The zero-order valence-corrected chi connectivity index (χ0v) is 9.98. The van der Waals surface area contributed by atoms with Gasteiger partial charge in [0.15, 0.2) is 0 Å². The van der Waals surface area contributed by atoms with Crippen molar-refractivity contribution < 1.29 is 0 Å². The number of hydrogen-bond acceptors (Lipinski definition) is 2. The quantitative estimate of drug-likeness (QED) is 0.725. The summed E-state index contributed by atoms with van der Waals surface area (Å²) in [7, 11) is 0. The number of benzene rings is 1. The predicted octanol–water partition coefficient (Wildman–Crippen LogP) is 2.97. The molecular formula is C14H15N3. The van der Waals surface area contributed by atoms with Crippen LogP contribution in [0.25, 0.3) is 4.85 Å². The second-order valence-corrected chi connectivity index (χ2v) is 4.45. The van der Waals surface area contributed by atoms with Gasteiger partial charge in [0.2, 0.25) is 6.54 Å². The van der Waals surface area contributed by atoms with E-state index in [-0.39, 0.29) is 0 Å². The molecule has 0 aliphatic carbocycles. The van der Waals surface area contributed by atoms with Gasteiger partial charge in [-0.2, -0.15) is 5.26 Å². The first kappa shape index (κ1) is 11.5. The molecule has 1 aromatic rings. The zero-order valence-electron chi connectivity index (χ0n) is 9.98. The van der Waals surface area contributed by atoms with Gasteiger partial charge in [-0.3, -0.25) is 0 Å². The Hall–Kier alpha value is -2.00. The van der Waals surface area contributed by atoms with E-state index >= 15 is 0 Å². The van der Waals surface area contributed by atoms with Gasteiger partial charge < -0.3 is 9.74 Å². The van der Waals surface area contributed by atoms with E-state index in [0.717, 1.165) is 17.8 Å². The van der Waals surface area contributed by atoms with E-state index in [1.807, 2.05) is 18.2 Å². The molecule has 0 bridgehead atoms. The summed E-state index contributed by atoms with van der Waals surface area (Å²) in [5, 5.41) is 9.11. The largest absolute Gasteiger partial charge is 0.369 e. The Balaban J connectivity index is 2.32. The van der Waals surface area contributed by atoms with Crippen molar-refractivity contribution in [2.24, 2.45) is 0 Å². The predicted molar refractivity (Wildman–Crippen MR) is 67.5 cm³/mol. The number of hydrogen-bond donors (Lipinski definition) is 0. The van der Waals surface area contributed by atoms with Crippen LogP contribution in [0.1, 0.15) is 30.9 Å². The van der Waals surface area contributed by atoms with E-state index in [1.165, 1.54) is 12.8 Å². The van der Waals surface area contributed by atoms with Crippen molar-refractivity contribution in [2.45, 2.75) is 32.4 Å². The van der Waals surface area contributed by atoms with Crippen LogP contribution in [0, 0.1) is 17.9 Å². The topological polar surface area (TPSA) is 31.4 Å². The lowest BCUT2D eigenvalue weighted by atomic mass is 10.1. The molecule has 3 heteroatoms. The molecule has 1 saturated heterocycles. The van der Waals surface area contributed by atoms with Crippen molar-refractivity contribution in [3.8, 4) is 6.07 Å². The van der Waals surface area contributed by atoms with E-state index in [1.54, 1.807) is 0 Å². The standard InChI is InChI=1S/C14H15N3/c1-11-4-3-7-17(11)14-6-5-12(10-16-2)13(8-14)9-15/h5-6,8,11H,3-4,7,10H2,1H3. The third-order valence-electron chi connectivity index (χ3n) is 3.35. The molecule has 1 atom stereocenters. The summed E-state index contributed by atoms with van der Waals surface area (Å²) >= 11 is 0. The molecular weight excluding hydrogens is 210 g/mol. The highest BCUT2D eigenvalue weighted by Crippen LogP contribution is 2.27. The highest BCUT2D eigenvalue weighted by Gasteiger charge is 2.21. The molecule has 0 amide bonds. The smallest absolute Gasteiger partial charge is 0.241 e. The van der Waals surface area contributed by atoms with Crippen LogP contribution in [-0.4, -0.2) is 12.6 Å². The average Bonchev–Trinajstić information content (AvgIpc) is 2.76. The summed E-state index contributed by atoms with van der Waals surface area (Å²) in [5.41, 5.74) is 2.58. The van der Waals surface area contributed by atoms with Crippen LogP contribution in [0.15, 0.2) is 18.2 Å². The van der Waals surface area contributed by atoms with Crippen molar-refractivity contribution in [1.82, 2.24) is 0 Å². The molecule has 1 heterocycles. The van der Waals surface area contributed by atoms with Gasteiger partial charge in [0.1, 0.15) is 0 Å². The maximum atomic E-state index is 9.11. The fourth-order valence-corrected chi connectivity index (χ4v) is 2.39. The molecule has 0 spiro atoms. The van der Waals surface area contributed by atoms with Gasteiger partial charge in [-0.05, 0) is 38.0 Å². The zero-order chi connectivity index (χ0) is 12.3. The molecule has 1 aromatic carbocycles. The van der Waals surface area contributed by atoms with Crippen LogP contribution in [0.3, 0.4) is 0 Å². The third kappa shape index (κ3) is 2.24. The van der Waals surface area contributed by atoms with Gasteiger partial charge in [0, 0.05) is 23.8 Å². The number of nitriles is 1. The second-order valence-electron chi connectivity index (χ2n) is 4.45. The van der Waals surface area contributed by atoms with Gasteiger partial charge >= 0.3 is 0 Å². The first-order chi connectivity index (χ1) is 8.26. The Morgan fingerprint density at radius 1 is 1.59 bits per heavy atom. The molecule has 3 nitrogen and oxygen atoms in total. The maximum Gasteiger partial charge on any atom is 0.241 e. The molecule has 2 rings (SSSR count). The van der Waals surface area contributed by atoms with Gasteiger partial charge in [-0.1, -0.05) is 0 Å². The highest BCUT2D eigenvalue weighted by molar-refractivity contribution is 5.55. The van der Waals surface area contributed by atoms with Crippen LogP contribution in [0.5, 0.6) is 0 Å². The second kappa shape index (κ2) is 4.89. The van der Waals surface area contributed by atoms with E-state index < -0.39 is 0 Å². The SMILES string of the molecule is [C-]#[N+]Cc1ccc(N2CCCC2C)cc1C#N. The first-order valence-corrected chi connectivity index (χ1v) is 5.89. The normalized spacial score (nSPS) is 18.8. The minimum absolute atomic E-state index is 0.290. The van der Waals surface area contributed by atoms with Crippen molar-refractivity contribution in [3.05, 3.63) is 40.7 Å². The molecule has 0 N–H and O–H groups in total. The average molecular weight is 225 g/mol. The van der Waals surface area contributed by atoms with Crippen molar-refractivity contribution >= 4 is 5.69 Å². The molecule has 1 unspecified atom stereocenters.